The Balaban J connectivity index is 1.78. The molecular weight excluding hydrogens is 260 g/mol. The van der Waals surface area contributed by atoms with Crippen molar-refractivity contribution in [2.24, 2.45) is 5.92 Å². The van der Waals surface area contributed by atoms with E-state index in [2.05, 4.69) is 43.1 Å². The van der Waals surface area contributed by atoms with Crippen LogP contribution in [0.4, 0.5) is 0 Å². The number of nitrogens with zero attached hydrogens (tertiary/aromatic N) is 1. The summed E-state index contributed by atoms with van der Waals surface area (Å²) in [7, 11) is 0. The summed E-state index contributed by atoms with van der Waals surface area (Å²) in [6.07, 6.45) is 2.39. The molecule has 0 aromatic heterocycles. The minimum absolute atomic E-state index is 0.132. The Morgan fingerprint density at radius 1 is 1.19 bits per heavy atom. The first-order chi connectivity index (χ1) is 9.97. The summed E-state index contributed by atoms with van der Waals surface area (Å²) in [6, 6.07) is 8.58. The van der Waals surface area contributed by atoms with Crippen LogP contribution < -0.4 is 5.32 Å². The maximum Gasteiger partial charge on any atom is 0.254 e. The molecule has 1 aromatic carbocycles. The highest BCUT2D eigenvalue weighted by Gasteiger charge is 2.37. The highest BCUT2D eigenvalue weighted by Crippen LogP contribution is 2.28. The number of nitrogens with one attached hydrogen (secondary N) is 1. The zero-order valence-electron chi connectivity index (χ0n) is 13.4. The minimum atomic E-state index is 0.132. The molecule has 1 amide bonds. The highest BCUT2D eigenvalue weighted by atomic mass is 16.2. The number of fused-ring (bicyclic) bond motifs is 1. The van der Waals surface area contributed by atoms with Gasteiger partial charge in [-0.1, -0.05) is 32.9 Å². The number of hydrogen-bond donors (Lipinski definition) is 1. The first kappa shape index (κ1) is 14.6. The Morgan fingerprint density at radius 2 is 1.90 bits per heavy atom. The van der Waals surface area contributed by atoms with Gasteiger partial charge in [0.15, 0.2) is 0 Å². The van der Waals surface area contributed by atoms with E-state index >= 15 is 0 Å². The van der Waals surface area contributed by atoms with Crippen LogP contribution in [-0.4, -0.2) is 36.5 Å². The van der Waals surface area contributed by atoms with Gasteiger partial charge in [0.05, 0.1) is 0 Å². The second kappa shape index (κ2) is 5.45. The zero-order chi connectivity index (χ0) is 15.0. The lowest BCUT2D eigenvalue weighted by Crippen LogP contribution is -2.48. The largest absolute Gasteiger partial charge is 0.334 e. The molecule has 2 unspecified atom stereocenters. The number of hydrogen-bond acceptors (Lipinski definition) is 2. The fourth-order valence-corrected chi connectivity index (χ4v) is 3.60. The Labute approximate surface area is 127 Å². The molecule has 0 aliphatic carbocycles. The van der Waals surface area contributed by atoms with Crippen molar-refractivity contribution in [3.05, 3.63) is 35.4 Å². The predicted molar refractivity (Wildman–Crippen MR) is 85.6 cm³/mol. The van der Waals surface area contributed by atoms with Crippen molar-refractivity contribution in [3.8, 4) is 0 Å². The molecule has 1 N–H and O–H groups in total. The average Bonchev–Trinajstić information content (AvgIpc) is 2.94. The van der Waals surface area contributed by atoms with Crippen LogP contribution in [-0.2, 0) is 5.41 Å². The average molecular weight is 286 g/mol. The number of piperidine rings is 1. The molecule has 0 radical (unpaired) electrons. The van der Waals surface area contributed by atoms with Crippen LogP contribution in [0.15, 0.2) is 24.3 Å². The maximum absolute atomic E-state index is 12.8. The Kier molecular flexibility index (Phi) is 3.78. The second-order valence-electron chi connectivity index (χ2n) is 7.45. The van der Waals surface area contributed by atoms with Gasteiger partial charge >= 0.3 is 0 Å². The van der Waals surface area contributed by atoms with Crippen molar-refractivity contribution >= 4 is 5.91 Å². The van der Waals surface area contributed by atoms with Crippen LogP contribution in [0.5, 0.6) is 0 Å². The molecule has 1 aromatic rings. The number of carbonyl (C=O) groups is 1. The van der Waals surface area contributed by atoms with Crippen molar-refractivity contribution < 1.29 is 4.79 Å². The van der Waals surface area contributed by atoms with E-state index in [1.165, 1.54) is 12.0 Å². The number of carbonyl (C=O) groups excluding carboxylic acids is 1. The zero-order valence-corrected chi connectivity index (χ0v) is 13.4. The molecule has 3 nitrogen and oxygen atoms in total. The van der Waals surface area contributed by atoms with Crippen LogP contribution in [0, 0.1) is 5.92 Å². The quantitative estimate of drug-likeness (QED) is 0.861. The van der Waals surface area contributed by atoms with Crippen molar-refractivity contribution in [1.82, 2.24) is 10.2 Å². The topological polar surface area (TPSA) is 32.3 Å². The molecule has 2 fully saturated rings. The predicted octanol–water partition coefficient (Wildman–Crippen LogP) is 2.81. The fraction of sp³-hybridized carbons (Fsp3) is 0.611. The van der Waals surface area contributed by atoms with Crippen LogP contribution in [0.2, 0.25) is 0 Å². The second-order valence-corrected chi connectivity index (χ2v) is 7.45. The lowest BCUT2D eigenvalue weighted by Gasteiger charge is -2.37. The summed E-state index contributed by atoms with van der Waals surface area (Å²) in [5.41, 5.74) is 2.24. The summed E-state index contributed by atoms with van der Waals surface area (Å²) < 4.78 is 0. The Morgan fingerprint density at radius 3 is 2.57 bits per heavy atom. The van der Waals surface area contributed by atoms with Gasteiger partial charge in [0.2, 0.25) is 0 Å². The fourth-order valence-electron chi connectivity index (χ4n) is 3.60. The van der Waals surface area contributed by atoms with E-state index in [9.17, 15) is 4.79 Å². The van der Waals surface area contributed by atoms with Gasteiger partial charge in [0.25, 0.3) is 5.91 Å². The molecule has 3 rings (SSSR count). The normalized spacial score (nSPS) is 25.8. The van der Waals surface area contributed by atoms with E-state index in [0.29, 0.717) is 12.0 Å². The molecule has 0 bridgehead atoms. The molecule has 0 spiro atoms. The van der Waals surface area contributed by atoms with E-state index in [4.69, 9.17) is 0 Å². The van der Waals surface area contributed by atoms with Crippen molar-refractivity contribution in [1.29, 1.82) is 0 Å². The minimum Gasteiger partial charge on any atom is -0.334 e. The lowest BCUT2D eigenvalue weighted by molar-refractivity contribution is 0.0574. The number of rotatable bonds is 1. The Bertz CT molecular complexity index is 515. The third-order valence-corrected chi connectivity index (χ3v) is 4.94. The number of benzene rings is 1. The third-order valence-electron chi connectivity index (χ3n) is 4.94. The molecule has 114 valence electrons. The summed E-state index contributed by atoms with van der Waals surface area (Å²) in [5, 5.41) is 3.44. The molecule has 2 saturated heterocycles. The molecule has 2 aliphatic heterocycles. The van der Waals surface area contributed by atoms with Gasteiger partial charge in [-0.25, -0.2) is 0 Å². The number of amides is 1. The summed E-state index contributed by atoms with van der Waals surface area (Å²) in [5.74, 6) is 0.852. The molecular formula is C18H26N2O. The van der Waals surface area contributed by atoms with Gasteiger partial charge in [-0.15, -0.1) is 0 Å². The van der Waals surface area contributed by atoms with Crippen LogP contribution in [0.1, 0.15) is 49.5 Å². The van der Waals surface area contributed by atoms with Crippen molar-refractivity contribution in [2.45, 2.75) is 45.1 Å². The molecule has 2 aliphatic rings. The first-order valence-corrected chi connectivity index (χ1v) is 8.09. The van der Waals surface area contributed by atoms with Crippen LogP contribution in [0.3, 0.4) is 0 Å². The molecule has 0 saturated carbocycles. The summed E-state index contributed by atoms with van der Waals surface area (Å²) >= 11 is 0. The Hall–Kier alpha value is -1.35. The molecule has 2 atom stereocenters. The monoisotopic (exact) mass is 286 g/mol. The van der Waals surface area contributed by atoms with Crippen molar-refractivity contribution in [3.63, 3.8) is 0 Å². The number of likely N-dealkylation sites (tertiary alicyclic amines) is 1. The van der Waals surface area contributed by atoms with E-state index < -0.39 is 0 Å². The summed E-state index contributed by atoms with van der Waals surface area (Å²) in [6.45, 7) is 9.52. The SMILES string of the molecule is CC(C)(C)c1ccc(C(=O)N2CCCC3CNCC32)cc1. The third kappa shape index (κ3) is 2.84. The van der Waals surface area contributed by atoms with E-state index in [1.54, 1.807) is 0 Å². The maximum atomic E-state index is 12.8. The lowest BCUT2D eigenvalue weighted by atomic mass is 9.86. The van der Waals surface area contributed by atoms with Gasteiger partial charge < -0.3 is 10.2 Å². The van der Waals surface area contributed by atoms with E-state index in [0.717, 1.165) is 31.6 Å². The van der Waals surface area contributed by atoms with Gasteiger partial charge in [0, 0.05) is 31.2 Å². The van der Waals surface area contributed by atoms with Crippen molar-refractivity contribution in [2.75, 3.05) is 19.6 Å². The highest BCUT2D eigenvalue weighted by molar-refractivity contribution is 5.94. The smallest absolute Gasteiger partial charge is 0.254 e. The van der Waals surface area contributed by atoms with E-state index in [1.807, 2.05) is 12.1 Å². The molecule has 3 heteroatoms. The van der Waals surface area contributed by atoms with Crippen LogP contribution in [0.25, 0.3) is 0 Å². The van der Waals surface area contributed by atoms with Crippen LogP contribution >= 0.6 is 0 Å². The summed E-state index contributed by atoms with van der Waals surface area (Å²) in [4.78, 5) is 14.9. The van der Waals surface area contributed by atoms with Gasteiger partial charge in [-0.2, -0.15) is 0 Å². The standard InChI is InChI=1S/C18H26N2O/c1-18(2,3)15-8-6-13(7-9-15)17(21)20-10-4-5-14-11-19-12-16(14)20/h6-9,14,16,19H,4-5,10-12H2,1-3H3. The van der Waals surface area contributed by atoms with Gasteiger partial charge in [-0.3, -0.25) is 4.79 Å². The molecule has 2 heterocycles. The van der Waals surface area contributed by atoms with E-state index in [-0.39, 0.29) is 11.3 Å². The first-order valence-electron chi connectivity index (χ1n) is 8.09. The van der Waals surface area contributed by atoms with Gasteiger partial charge in [0.1, 0.15) is 0 Å². The van der Waals surface area contributed by atoms with Gasteiger partial charge in [-0.05, 0) is 41.9 Å². The molecule has 21 heavy (non-hydrogen) atoms.